The number of nitrogens with one attached hydrogen (secondary N) is 1. The lowest BCUT2D eigenvalue weighted by molar-refractivity contribution is 0.0652. The second kappa shape index (κ2) is 9.72. The fourth-order valence-electron chi connectivity index (χ4n) is 3.87. The van der Waals surface area contributed by atoms with Crippen LogP contribution in [0.15, 0.2) is 47.5 Å². The number of ether oxygens (including phenoxy) is 2. The molecule has 2 amide bonds. The second-order valence-corrected chi connectivity index (χ2v) is 7.79. The molecule has 4 rings (SSSR count). The number of imide groups is 1. The molecule has 0 saturated heterocycles. The van der Waals surface area contributed by atoms with Gasteiger partial charge in [0.1, 0.15) is 0 Å². The van der Waals surface area contributed by atoms with Crippen LogP contribution in [0.5, 0.6) is 11.5 Å². The molecule has 32 heavy (non-hydrogen) atoms. The van der Waals surface area contributed by atoms with Crippen molar-refractivity contribution in [2.45, 2.75) is 26.3 Å². The first-order valence-electron chi connectivity index (χ1n) is 10.9. The summed E-state index contributed by atoms with van der Waals surface area (Å²) in [6.45, 7) is 4.75. The van der Waals surface area contributed by atoms with Crippen molar-refractivity contribution in [3.05, 3.63) is 59.2 Å². The van der Waals surface area contributed by atoms with Crippen LogP contribution in [0.3, 0.4) is 0 Å². The van der Waals surface area contributed by atoms with E-state index in [2.05, 4.69) is 10.2 Å². The van der Waals surface area contributed by atoms with Crippen LogP contribution in [0, 0.1) is 0 Å². The Bertz CT molecular complexity index is 1000. The highest BCUT2D eigenvalue weighted by Crippen LogP contribution is 2.32. The standard InChI is InChI=1S/C24H28N4O4/c1-3-25-24(27(2)15-17-10-11-20-21(14-17)32-16-31-20)26-12-6-7-13-28-22(29)18-8-4-5-9-19(18)23(28)30/h4-5,8-11,14H,3,6-7,12-13,15-16H2,1-2H3,(H,25,26). The van der Waals surface area contributed by atoms with Crippen molar-refractivity contribution in [1.82, 2.24) is 15.1 Å². The van der Waals surface area contributed by atoms with E-state index in [1.807, 2.05) is 32.2 Å². The van der Waals surface area contributed by atoms with E-state index in [-0.39, 0.29) is 18.6 Å². The Hall–Kier alpha value is -3.55. The summed E-state index contributed by atoms with van der Waals surface area (Å²) in [7, 11) is 1.99. The summed E-state index contributed by atoms with van der Waals surface area (Å²) in [6.07, 6.45) is 1.49. The van der Waals surface area contributed by atoms with E-state index in [0.29, 0.717) is 37.2 Å². The summed E-state index contributed by atoms with van der Waals surface area (Å²) in [6, 6.07) is 12.9. The first kappa shape index (κ1) is 21.7. The molecular weight excluding hydrogens is 408 g/mol. The fraction of sp³-hybridized carbons (Fsp3) is 0.375. The minimum absolute atomic E-state index is 0.203. The third kappa shape index (κ3) is 4.54. The maximum absolute atomic E-state index is 12.4. The summed E-state index contributed by atoms with van der Waals surface area (Å²) in [4.78, 5) is 33.0. The normalized spacial score (nSPS) is 14.7. The van der Waals surface area contributed by atoms with Crippen LogP contribution >= 0.6 is 0 Å². The molecule has 8 nitrogen and oxygen atoms in total. The number of fused-ring (bicyclic) bond motifs is 2. The molecule has 168 valence electrons. The Morgan fingerprint density at radius 1 is 1.06 bits per heavy atom. The average molecular weight is 437 g/mol. The van der Waals surface area contributed by atoms with Gasteiger partial charge in [-0.25, -0.2) is 0 Å². The molecule has 1 N–H and O–H groups in total. The van der Waals surface area contributed by atoms with E-state index < -0.39 is 0 Å². The Morgan fingerprint density at radius 3 is 2.50 bits per heavy atom. The molecule has 8 heteroatoms. The van der Waals surface area contributed by atoms with Crippen molar-refractivity contribution in [3.8, 4) is 11.5 Å². The Kier molecular flexibility index (Phi) is 6.58. The zero-order chi connectivity index (χ0) is 22.5. The second-order valence-electron chi connectivity index (χ2n) is 7.79. The number of rotatable bonds is 8. The van der Waals surface area contributed by atoms with Crippen molar-refractivity contribution >= 4 is 17.8 Å². The maximum atomic E-state index is 12.4. The molecular formula is C24H28N4O4. The number of benzene rings is 2. The van der Waals surface area contributed by atoms with Gasteiger partial charge < -0.3 is 19.7 Å². The van der Waals surface area contributed by atoms with Crippen molar-refractivity contribution in [2.75, 3.05) is 33.5 Å². The Morgan fingerprint density at radius 2 is 1.78 bits per heavy atom. The molecule has 0 aliphatic carbocycles. The van der Waals surface area contributed by atoms with Gasteiger partial charge in [0.15, 0.2) is 17.5 Å². The molecule has 2 aromatic carbocycles. The van der Waals surface area contributed by atoms with Crippen LogP contribution in [0.1, 0.15) is 46.0 Å². The lowest BCUT2D eigenvalue weighted by atomic mass is 10.1. The predicted molar refractivity (Wildman–Crippen MR) is 121 cm³/mol. The summed E-state index contributed by atoms with van der Waals surface area (Å²) in [5, 5.41) is 3.31. The van der Waals surface area contributed by atoms with Gasteiger partial charge in [0.05, 0.1) is 11.1 Å². The van der Waals surface area contributed by atoms with Crippen LogP contribution < -0.4 is 14.8 Å². The summed E-state index contributed by atoms with van der Waals surface area (Å²) < 4.78 is 10.8. The van der Waals surface area contributed by atoms with E-state index in [0.717, 1.165) is 36.0 Å². The third-order valence-electron chi connectivity index (χ3n) is 5.48. The van der Waals surface area contributed by atoms with Gasteiger partial charge in [0.25, 0.3) is 11.8 Å². The smallest absolute Gasteiger partial charge is 0.261 e. The number of nitrogens with zero attached hydrogens (tertiary/aromatic N) is 3. The van der Waals surface area contributed by atoms with Crippen molar-refractivity contribution in [2.24, 2.45) is 4.99 Å². The van der Waals surface area contributed by atoms with Gasteiger partial charge in [0.2, 0.25) is 6.79 Å². The van der Waals surface area contributed by atoms with Gasteiger partial charge in [-0.05, 0) is 49.6 Å². The number of hydrogen-bond donors (Lipinski definition) is 1. The van der Waals surface area contributed by atoms with E-state index in [1.165, 1.54) is 4.90 Å². The van der Waals surface area contributed by atoms with Gasteiger partial charge >= 0.3 is 0 Å². The third-order valence-corrected chi connectivity index (χ3v) is 5.48. The minimum atomic E-state index is -0.203. The van der Waals surface area contributed by atoms with Gasteiger partial charge in [-0.15, -0.1) is 0 Å². The highest BCUT2D eigenvalue weighted by molar-refractivity contribution is 6.21. The molecule has 0 spiro atoms. The molecule has 0 radical (unpaired) electrons. The Labute approximate surface area is 187 Å². The molecule has 0 atom stereocenters. The van der Waals surface area contributed by atoms with Gasteiger partial charge in [-0.1, -0.05) is 18.2 Å². The van der Waals surface area contributed by atoms with Gasteiger partial charge in [-0.3, -0.25) is 19.5 Å². The number of aliphatic imine (C=N–C) groups is 1. The molecule has 2 aliphatic heterocycles. The van der Waals surface area contributed by atoms with Crippen molar-refractivity contribution in [3.63, 3.8) is 0 Å². The first-order chi connectivity index (χ1) is 15.6. The van der Waals surface area contributed by atoms with E-state index in [4.69, 9.17) is 14.5 Å². The van der Waals surface area contributed by atoms with Crippen LogP contribution in [-0.4, -0.2) is 61.0 Å². The predicted octanol–water partition coefficient (Wildman–Crippen LogP) is 2.89. The lowest BCUT2D eigenvalue weighted by Gasteiger charge is -2.22. The number of unbranched alkanes of at least 4 members (excludes halogenated alkanes) is 1. The summed E-state index contributed by atoms with van der Waals surface area (Å²) in [5.41, 5.74) is 2.10. The van der Waals surface area contributed by atoms with Crippen LogP contribution in [-0.2, 0) is 6.54 Å². The van der Waals surface area contributed by atoms with Crippen molar-refractivity contribution in [1.29, 1.82) is 0 Å². The first-order valence-corrected chi connectivity index (χ1v) is 10.9. The largest absolute Gasteiger partial charge is 0.454 e. The maximum Gasteiger partial charge on any atom is 0.261 e. The molecule has 0 bridgehead atoms. The Balaban J connectivity index is 1.28. The number of amides is 2. The van der Waals surface area contributed by atoms with Gasteiger partial charge in [0, 0.05) is 33.2 Å². The molecule has 2 heterocycles. The van der Waals surface area contributed by atoms with Crippen molar-refractivity contribution < 1.29 is 19.1 Å². The van der Waals surface area contributed by atoms with Crippen LogP contribution in [0.25, 0.3) is 0 Å². The number of guanidine groups is 1. The fourth-order valence-corrected chi connectivity index (χ4v) is 3.87. The quantitative estimate of drug-likeness (QED) is 0.297. The highest BCUT2D eigenvalue weighted by atomic mass is 16.7. The van der Waals surface area contributed by atoms with Gasteiger partial charge in [-0.2, -0.15) is 0 Å². The topological polar surface area (TPSA) is 83.5 Å². The molecule has 0 unspecified atom stereocenters. The molecule has 2 aromatic rings. The number of carbonyl (C=O) groups is 2. The summed E-state index contributed by atoms with van der Waals surface area (Å²) >= 11 is 0. The minimum Gasteiger partial charge on any atom is -0.454 e. The zero-order valence-electron chi connectivity index (χ0n) is 18.5. The monoisotopic (exact) mass is 436 g/mol. The molecule has 0 aromatic heterocycles. The number of hydrogen-bond acceptors (Lipinski definition) is 5. The summed E-state index contributed by atoms with van der Waals surface area (Å²) in [5.74, 6) is 1.95. The zero-order valence-corrected chi connectivity index (χ0v) is 18.5. The lowest BCUT2D eigenvalue weighted by Crippen LogP contribution is -2.38. The van der Waals surface area contributed by atoms with Crippen LogP contribution in [0.2, 0.25) is 0 Å². The van der Waals surface area contributed by atoms with E-state index >= 15 is 0 Å². The average Bonchev–Trinajstić information content (AvgIpc) is 3.36. The molecule has 0 saturated carbocycles. The highest BCUT2D eigenvalue weighted by Gasteiger charge is 2.34. The number of carbonyl (C=O) groups excluding carboxylic acids is 2. The van der Waals surface area contributed by atoms with E-state index in [9.17, 15) is 9.59 Å². The SMILES string of the molecule is CCNC(=NCCCCN1C(=O)c2ccccc2C1=O)N(C)Cc1ccc2c(c1)OCO2. The molecule has 2 aliphatic rings. The molecule has 0 fully saturated rings. The van der Waals surface area contributed by atoms with E-state index in [1.54, 1.807) is 24.3 Å². The van der Waals surface area contributed by atoms with Crippen LogP contribution in [0.4, 0.5) is 0 Å².